The summed E-state index contributed by atoms with van der Waals surface area (Å²) in [5, 5.41) is 19.0. The van der Waals surface area contributed by atoms with Gasteiger partial charge in [0.2, 0.25) is 5.91 Å². The fraction of sp³-hybridized carbons (Fsp3) is 0.186. The summed E-state index contributed by atoms with van der Waals surface area (Å²) in [5.74, 6) is -1.36. The van der Waals surface area contributed by atoms with Gasteiger partial charge in [-0.25, -0.2) is 4.79 Å². The Morgan fingerprint density at radius 3 is 2.34 bits per heavy atom. The number of carbonyl (C=O) groups is 4. The van der Waals surface area contributed by atoms with Crippen molar-refractivity contribution in [2.24, 2.45) is 0 Å². The topological polar surface area (TPSA) is 141 Å². The summed E-state index contributed by atoms with van der Waals surface area (Å²) >= 11 is 8.77. The van der Waals surface area contributed by atoms with Crippen LogP contribution in [0.1, 0.15) is 63.5 Å². The van der Waals surface area contributed by atoms with Gasteiger partial charge in [0.1, 0.15) is 27.6 Å². The lowest BCUT2D eigenvalue weighted by molar-refractivity contribution is -0.116. The highest BCUT2D eigenvalue weighted by Crippen LogP contribution is 2.41. The van der Waals surface area contributed by atoms with Gasteiger partial charge in [-0.15, -0.1) is 23.1 Å². The number of thiophene rings is 1. The van der Waals surface area contributed by atoms with Crippen LogP contribution >= 0.6 is 34.7 Å². The van der Waals surface area contributed by atoms with Gasteiger partial charge in [0.05, 0.1) is 12.1 Å². The normalized spacial score (nSPS) is 13.1. The zero-order chi connectivity index (χ0) is 39.8. The molecule has 4 amide bonds. The molecule has 0 spiro atoms. The Kier molecular flexibility index (Phi) is 12.6. The van der Waals surface area contributed by atoms with Gasteiger partial charge in [0.15, 0.2) is 0 Å². The monoisotopic (exact) mass is 803 g/mol. The molecule has 13 heteroatoms. The summed E-state index contributed by atoms with van der Waals surface area (Å²) in [6.07, 6.45) is 1.58. The number of nitrogens with one attached hydrogen (secondary N) is 3. The maximum atomic E-state index is 14.2. The summed E-state index contributed by atoms with van der Waals surface area (Å²) in [6, 6.07) is 34.1. The van der Waals surface area contributed by atoms with Gasteiger partial charge in [-0.3, -0.25) is 14.4 Å². The molecule has 0 radical (unpaired) electrons. The van der Waals surface area contributed by atoms with Crippen LogP contribution in [0.2, 0.25) is 5.02 Å². The van der Waals surface area contributed by atoms with Crippen molar-refractivity contribution in [1.82, 2.24) is 10.2 Å². The molecular formula is C43H38ClN5O5S2. The average molecular weight is 804 g/mol. The molecule has 0 fully saturated rings. The van der Waals surface area contributed by atoms with Gasteiger partial charge in [0.25, 0.3) is 11.8 Å². The van der Waals surface area contributed by atoms with Crippen LogP contribution in [0.4, 0.5) is 15.5 Å². The minimum atomic E-state index is -0.741. The van der Waals surface area contributed by atoms with Crippen LogP contribution < -0.4 is 16.0 Å². The maximum absolute atomic E-state index is 14.2. The summed E-state index contributed by atoms with van der Waals surface area (Å²) < 4.78 is 5.57. The molecule has 1 aromatic heterocycles. The zero-order valence-electron chi connectivity index (χ0n) is 30.8. The molecule has 1 aliphatic heterocycles. The Morgan fingerprint density at radius 2 is 1.64 bits per heavy atom. The Bertz CT molecular complexity index is 2330. The van der Waals surface area contributed by atoms with Crippen molar-refractivity contribution in [2.45, 2.75) is 49.5 Å². The molecule has 1 aliphatic rings. The molecular weight excluding hydrogens is 766 g/mol. The summed E-state index contributed by atoms with van der Waals surface area (Å²) in [6.45, 7) is 6.11. The van der Waals surface area contributed by atoms with Crippen molar-refractivity contribution < 1.29 is 23.9 Å². The van der Waals surface area contributed by atoms with E-state index < -0.39 is 28.8 Å². The van der Waals surface area contributed by atoms with Gasteiger partial charge in [-0.05, 0) is 92.4 Å². The highest BCUT2D eigenvalue weighted by atomic mass is 35.5. The third kappa shape index (κ3) is 10.2. The molecule has 3 N–H and O–H groups in total. The van der Waals surface area contributed by atoms with E-state index in [9.17, 15) is 24.4 Å². The van der Waals surface area contributed by atoms with E-state index in [-0.39, 0.29) is 18.1 Å². The van der Waals surface area contributed by atoms with Crippen LogP contribution in [-0.4, -0.2) is 40.9 Å². The first kappa shape index (κ1) is 39.8. The molecule has 6 rings (SSSR count). The third-order valence-electron chi connectivity index (χ3n) is 8.43. The number of rotatable bonds is 10. The maximum Gasteiger partial charge on any atom is 0.410 e. The van der Waals surface area contributed by atoms with E-state index >= 15 is 0 Å². The van der Waals surface area contributed by atoms with Crippen molar-refractivity contribution in [3.05, 3.63) is 153 Å². The standard InChI is InChI=1S/C43H38ClN5O5S2/c1-43(2,3)54-42(53)49-21-20-33-34(25-45)41(56-36(33)26-49)48-40(52)37(28-13-6-4-7-14-28)55-32-19-11-18-31(24-32)46-39(51)35(23-27-12-10-17-30(44)22-27)47-38(50)29-15-8-5-9-16-29/h4-19,22-24,37H,20-21,26H2,1-3H3,(H,46,51)(H,47,50)(H,48,52)/b35-23-. The molecule has 1 unspecified atom stereocenters. The van der Waals surface area contributed by atoms with Crippen LogP contribution in [0.25, 0.3) is 6.08 Å². The highest BCUT2D eigenvalue weighted by molar-refractivity contribution is 8.00. The number of anilines is 2. The largest absolute Gasteiger partial charge is 0.444 e. The molecule has 56 heavy (non-hydrogen) atoms. The highest BCUT2D eigenvalue weighted by Gasteiger charge is 2.31. The van der Waals surface area contributed by atoms with Crippen molar-refractivity contribution >= 4 is 75.3 Å². The number of nitrogens with zero attached hydrogens (tertiary/aromatic N) is 2. The number of hydrogen-bond acceptors (Lipinski definition) is 8. The van der Waals surface area contributed by atoms with Crippen molar-refractivity contribution in [3.63, 3.8) is 0 Å². The number of thioether (sulfide) groups is 1. The summed E-state index contributed by atoms with van der Waals surface area (Å²) in [4.78, 5) is 56.9. The SMILES string of the molecule is CC(C)(C)OC(=O)N1CCc2c(sc(NC(=O)C(Sc3cccc(NC(=O)/C(=C/c4cccc(Cl)c4)NC(=O)c4ccccc4)c3)c3ccccc3)c2C#N)C1. The molecule has 10 nitrogen and oxygen atoms in total. The van der Waals surface area contributed by atoms with E-state index in [0.29, 0.717) is 50.3 Å². The van der Waals surface area contributed by atoms with Gasteiger partial charge < -0.3 is 25.6 Å². The van der Waals surface area contributed by atoms with Crippen molar-refractivity contribution in [3.8, 4) is 6.07 Å². The summed E-state index contributed by atoms with van der Waals surface area (Å²) in [7, 11) is 0. The van der Waals surface area contributed by atoms with Crippen LogP contribution in [0.5, 0.6) is 0 Å². The van der Waals surface area contributed by atoms with Crippen LogP contribution in [-0.2, 0) is 27.3 Å². The first-order valence-corrected chi connectivity index (χ1v) is 19.7. The second-order valence-electron chi connectivity index (χ2n) is 13.8. The molecule has 0 bridgehead atoms. The van der Waals surface area contributed by atoms with E-state index in [1.807, 2.05) is 57.2 Å². The zero-order valence-corrected chi connectivity index (χ0v) is 33.2. The predicted molar refractivity (Wildman–Crippen MR) is 221 cm³/mol. The molecule has 0 saturated heterocycles. The van der Waals surface area contributed by atoms with Gasteiger partial charge in [0, 0.05) is 32.6 Å². The molecule has 284 valence electrons. The number of benzene rings is 4. The molecule has 0 saturated carbocycles. The van der Waals surface area contributed by atoms with Crippen molar-refractivity contribution in [1.29, 1.82) is 5.26 Å². The number of fused-ring (bicyclic) bond motifs is 1. The lowest BCUT2D eigenvalue weighted by Crippen LogP contribution is -2.39. The fourth-order valence-corrected chi connectivity index (χ4v) is 8.36. The van der Waals surface area contributed by atoms with Crippen LogP contribution in [0, 0.1) is 11.3 Å². The van der Waals surface area contributed by atoms with E-state index in [0.717, 1.165) is 16.0 Å². The lowest BCUT2D eigenvalue weighted by atomic mass is 10.0. The van der Waals surface area contributed by atoms with E-state index in [1.165, 1.54) is 23.1 Å². The molecule has 5 aromatic rings. The Labute approximate surface area is 338 Å². The lowest BCUT2D eigenvalue weighted by Gasteiger charge is -2.29. The molecule has 1 atom stereocenters. The van der Waals surface area contributed by atoms with Gasteiger partial charge in [-0.1, -0.05) is 78.3 Å². The number of carbonyl (C=O) groups excluding carboxylic acids is 4. The number of nitriles is 1. The smallest absolute Gasteiger partial charge is 0.410 e. The van der Waals surface area contributed by atoms with Crippen LogP contribution in [0.3, 0.4) is 0 Å². The number of amides is 4. The second kappa shape index (κ2) is 17.7. The molecule has 4 aromatic carbocycles. The van der Waals surface area contributed by atoms with E-state index in [1.54, 1.807) is 83.8 Å². The number of halogens is 1. The minimum Gasteiger partial charge on any atom is -0.444 e. The second-order valence-corrected chi connectivity index (χ2v) is 16.5. The van der Waals surface area contributed by atoms with E-state index in [2.05, 4.69) is 22.0 Å². The molecule has 0 aliphatic carbocycles. The number of hydrogen-bond donors (Lipinski definition) is 3. The molecule has 2 heterocycles. The Hall–Kier alpha value is -5.87. The first-order chi connectivity index (χ1) is 26.9. The van der Waals surface area contributed by atoms with E-state index in [4.69, 9.17) is 16.3 Å². The van der Waals surface area contributed by atoms with Crippen molar-refractivity contribution in [2.75, 3.05) is 17.2 Å². The van der Waals surface area contributed by atoms with Gasteiger partial charge >= 0.3 is 6.09 Å². The Balaban J connectivity index is 1.22. The van der Waals surface area contributed by atoms with Crippen LogP contribution in [0.15, 0.2) is 120 Å². The number of ether oxygens (including phenoxy) is 1. The quantitative estimate of drug-likeness (QED) is 0.0944. The third-order valence-corrected chi connectivity index (χ3v) is 11.0. The first-order valence-electron chi connectivity index (χ1n) is 17.7. The fourth-order valence-electron chi connectivity index (χ4n) is 5.86. The Morgan fingerprint density at radius 1 is 0.929 bits per heavy atom. The predicted octanol–water partition coefficient (Wildman–Crippen LogP) is 9.45. The minimum absolute atomic E-state index is 0.00173. The average Bonchev–Trinajstić information content (AvgIpc) is 3.52. The van der Waals surface area contributed by atoms with Gasteiger partial charge in [-0.2, -0.15) is 5.26 Å². The summed E-state index contributed by atoms with van der Waals surface area (Å²) in [5.41, 5.74) is 2.74.